The second-order valence-corrected chi connectivity index (χ2v) is 22.3. The molecule has 4 aliphatic rings. The van der Waals surface area contributed by atoms with Crippen molar-refractivity contribution in [1.29, 1.82) is 0 Å². The summed E-state index contributed by atoms with van der Waals surface area (Å²) in [5.41, 5.74) is 10.9. The van der Waals surface area contributed by atoms with E-state index in [2.05, 4.69) is 37.4 Å². The summed E-state index contributed by atoms with van der Waals surface area (Å²) in [6.45, 7) is 8.63. The van der Waals surface area contributed by atoms with Gasteiger partial charge in [-0.3, -0.25) is 19.2 Å². The third kappa shape index (κ3) is 10.3. The van der Waals surface area contributed by atoms with Gasteiger partial charge in [0.05, 0.1) is 7.11 Å². The molecular formula is C56H61N3O7S2. The van der Waals surface area contributed by atoms with Gasteiger partial charge in [0.25, 0.3) is 11.8 Å². The maximum absolute atomic E-state index is 14.1. The Hall–Kier alpha value is -5.72. The average molecular weight is 952 g/mol. The molecule has 2 atom stereocenters. The number of fused-ring (bicyclic) bond motifs is 8. The number of anilines is 3. The number of ether oxygens (including phenoxy) is 3. The van der Waals surface area contributed by atoms with Crippen molar-refractivity contribution in [2.75, 3.05) is 28.0 Å². The molecule has 5 aromatic carbocycles. The maximum Gasteiger partial charge on any atom is 0.258 e. The van der Waals surface area contributed by atoms with E-state index in [1.165, 1.54) is 11.1 Å². The lowest BCUT2D eigenvalue weighted by atomic mass is 9.98. The lowest BCUT2D eigenvalue weighted by Crippen LogP contribution is -2.36. The zero-order chi connectivity index (χ0) is 47.5. The zero-order valence-corrected chi connectivity index (χ0v) is 41.4. The number of hydrogen-bond donors (Lipinski definition) is 1. The highest BCUT2D eigenvalue weighted by Gasteiger charge is 2.39. The fourth-order valence-electron chi connectivity index (χ4n) is 10.1. The van der Waals surface area contributed by atoms with Gasteiger partial charge >= 0.3 is 0 Å². The monoisotopic (exact) mass is 951 g/mol. The van der Waals surface area contributed by atoms with Gasteiger partial charge < -0.3 is 29.3 Å². The number of nitrogens with zero attached hydrogens (tertiary/aromatic N) is 2. The number of hydrogen-bond acceptors (Lipinski definition) is 9. The highest BCUT2D eigenvalue weighted by Crippen LogP contribution is 2.43. The second-order valence-electron chi connectivity index (χ2n) is 19.2. The summed E-state index contributed by atoms with van der Waals surface area (Å²) in [6.07, 6.45) is 8.00. The highest BCUT2D eigenvalue weighted by atomic mass is 33.1. The summed E-state index contributed by atoms with van der Waals surface area (Å²) in [4.78, 5) is 57.5. The Bertz CT molecular complexity index is 2750. The zero-order valence-electron chi connectivity index (χ0n) is 39.8. The van der Waals surface area contributed by atoms with Crippen LogP contribution in [0.1, 0.15) is 125 Å². The van der Waals surface area contributed by atoms with Gasteiger partial charge in [0.15, 0.2) is 11.5 Å². The predicted molar refractivity (Wildman–Crippen MR) is 274 cm³/mol. The second kappa shape index (κ2) is 20.5. The first-order valence-electron chi connectivity index (χ1n) is 24.1. The molecule has 4 aliphatic heterocycles. The van der Waals surface area contributed by atoms with Gasteiger partial charge in [-0.1, -0.05) is 64.9 Å². The van der Waals surface area contributed by atoms with Crippen LogP contribution in [0.15, 0.2) is 91.0 Å². The van der Waals surface area contributed by atoms with E-state index in [9.17, 15) is 19.2 Å². The van der Waals surface area contributed by atoms with Gasteiger partial charge in [0.1, 0.15) is 24.7 Å². The van der Waals surface area contributed by atoms with Crippen molar-refractivity contribution in [3.63, 3.8) is 0 Å². The summed E-state index contributed by atoms with van der Waals surface area (Å²) in [7, 11) is 5.12. The van der Waals surface area contributed by atoms with Gasteiger partial charge in [0, 0.05) is 70.0 Å². The first kappa shape index (κ1) is 47.4. The molecule has 4 heterocycles. The van der Waals surface area contributed by atoms with Crippen molar-refractivity contribution in [2.45, 2.75) is 128 Å². The van der Waals surface area contributed by atoms with Crippen LogP contribution in [0.2, 0.25) is 0 Å². The van der Waals surface area contributed by atoms with Crippen molar-refractivity contribution in [3.05, 3.63) is 141 Å². The molecule has 0 unspecified atom stereocenters. The maximum atomic E-state index is 14.1. The van der Waals surface area contributed by atoms with E-state index in [1.807, 2.05) is 96.4 Å². The number of nitrogens with one attached hydrogen (secondary N) is 1. The number of methoxy groups -OCH3 is 1. The standard InChI is InChI=1S/C56H61N3O7S2/c1-6-45(60)21-22-56(3,4)68-67-23-11-16-53(61)57-42-26-36(33-65-50-30-38-17-19-43-28-40-12-7-9-14-48(40)58(43)54(62)46(38)24-35(50)2)25-37(27-42)34-66-52-31-39-18-20-44-29-41-13-8-10-15-49(41)59(44)55(63)47(39)32-51(52)64-5/h7-10,12-15,24-27,30-32,43-44H,6,11,16-23,28-29,33-34H2,1-5H3,(H,57,61)/t43-,44-/m1/s1. The molecule has 10 nitrogen and oxygen atoms in total. The van der Waals surface area contributed by atoms with Crippen LogP contribution in [0.3, 0.4) is 0 Å². The minimum Gasteiger partial charge on any atom is -0.493 e. The lowest BCUT2D eigenvalue weighted by molar-refractivity contribution is -0.119. The molecule has 0 radical (unpaired) electrons. The Labute approximate surface area is 408 Å². The molecule has 9 rings (SSSR count). The number of benzene rings is 5. The van der Waals surface area contributed by atoms with Crippen molar-refractivity contribution >= 4 is 62.2 Å². The van der Waals surface area contributed by atoms with Gasteiger partial charge in [-0.05, 0) is 166 Å². The van der Waals surface area contributed by atoms with Crippen molar-refractivity contribution in [1.82, 2.24) is 0 Å². The molecule has 12 heteroatoms. The molecule has 0 saturated carbocycles. The van der Waals surface area contributed by atoms with Crippen LogP contribution < -0.4 is 29.3 Å². The van der Waals surface area contributed by atoms with Crippen LogP contribution in [-0.4, -0.2) is 53.2 Å². The van der Waals surface area contributed by atoms with Crippen molar-refractivity contribution < 1.29 is 33.4 Å². The van der Waals surface area contributed by atoms with Gasteiger partial charge in [-0.15, -0.1) is 0 Å². The molecule has 0 bridgehead atoms. The fraction of sp³-hybridized carbons (Fsp3) is 0.393. The molecule has 0 fully saturated rings. The van der Waals surface area contributed by atoms with E-state index >= 15 is 0 Å². The molecule has 1 N–H and O–H groups in total. The first-order valence-corrected chi connectivity index (χ1v) is 26.4. The Morgan fingerprint density at radius 3 is 1.90 bits per heavy atom. The third-order valence-electron chi connectivity index (χ3n) is 13.8. The molecule has 68 heavy (non-hydrogen) atoms. The normalized spacial score (nSPS) is 17.0. The van der Waals surface area contributed by atoms with Crippen LogP contribution in [-0.2, 0) is 48.5 Å². The first-order chi connectivity index (χ1) is 32.9. The Kier molecular flexibility index (Phi) is 14.3. The smallest absolute Gasteiger partial charge is 0.258 e. The number of aryl methyl sites for hydroxylation is 3. The summed E-state index contributed by atoms with van der Waals surface area (Å²) in [5.74, 6) is 2.79. The van der Waals surface area contributed by atoms with Crippen LogP contribution in [0.4, 0.5) is 17.1 Å². The lowest BCUT2D eigenvalue weighted by Gasteiger charge is -2.23. The SMILES string of the molecule is CCC(=O)CCC(C)(C)SSCCCC(=O)Nc1cc(COc2cc3c(cc2C)C(=O)N2c4ccccc4C[C@H]2CC3)cc(COc2cc3c(cc2OC)C(=O)N2c4ccccc4C[C@H]2CC3)c1. The van der Waals surface area contributed by atoms with Gasteiger partial charge in [0.2, 0.25) is 5.91 Å². The molecule has 0 aliphatic carbocycles. The number of amides is 3. The summed E-state index contributed by atoms with van der Waals surface area (Å²) in [5, 5.41) is 3.15. The van der Waals surface area contributed by atoms with Gasteiger partial charge in [-0.2, -0.15) is 0 Å². The molecular weight excluding hydrogens is 891 g/mol. The minimum atomic E-state index is -0.0806. The van der Waals surface area contributed by atoms with Crippen LogP contribution in [0.25, 0.3) is 0 Å². The number of rotatable bonds is 18. The van der Waals surface area contributed by atoms with Crippen molar-refractivity contribution in [2.24, 2.45) is 0 Å². The highest BCUT2D eigenvalue weighted by molar-refractivity contribution is 8.77. The average Bonchev–Trinajstić information content (AvgIpc) is 3.83. The van der Waals surface area contributed by atoms with E-state index in [4.69, 9.17) is 14.2 Å². The number of carbonyl (C=O) groups is 4. The Morgan fingerprint density at radius 1 is 0.721 bits per heavy atom. The summed E-state index contributed by atoms with van der Waals surface area (Å²) in [6, 6.07) is 30.3. The number of ketones is 1. The quantitative estimate of drug-likeness (QED) is 0.0677. The van der Waals surface area contributed by atoms with E-state index in [0.717, 1.165) is 101 Å². The Morgan fingerprint density at radius 2 is 1.29 bits per heavy atom. The molecule has 3 amide bonds. The summed E-state index contributed by atoms with van der Waals surface area (Å²) >= 11 is 0. The van der Waals surface area contributed by atoms with Crippen LogP contribution in [0, 0.1) is 6.92 Å². The van der Waals surface area contributed by atoms with E-state index in [0.29, 0.717) is 54.2 Å². The van der Waals surface area contributed by atoms with Gasteiger partial charge in [-0.25, -0.2) is 0 Å². The van der Waals surface area contributed by atoms with Crippen molar-refractivity contribution in [3.8, 4) is 17.2 Å². The molecule has 354 valence electrons. The number of para-hydroxylation sites is 2. The minimum absolute atomic E-state index is 0.0194. The molecule has 0 spiro atoms. The van der Waals surface area contributed by atoms with E-state index in [1.54, 1.807) is 28.7 Å². The Balaban J connectivity index is 0.909. The molecule has 0 saturated heterocycles. The topological polar surface area (TPSA) is 114 Å². The van der Waals surface area contributed by atoms with E-state index in [-0.39, 0.29) is 47.8 Å². The third-order valence-corrected chi connectivity index (χ3v) is 17.2. The number of carbonyl (C=O) groups excluding carboxylic acids is 4. The van der Waals surface area contributed by atoms with Crippen LogP contribution >= 0.6 is 21.6 Å². The molecule has 5 aromatic rings. The van der Waals surface area contributed by atoms with E-state index < -0.39 is 0 Å². The molecule has 0 aromatic heterocycles. The predicted octanol–water partition coefficient (Wildman–Crippen LogP) is 11.8. The number of Topliss-reactive ketones (excluding diaryl/α,β-unsaturated/α-hetero) is 1. The summed E-state index contributed by atoms with van der Waals surface area (Å²) < 4.78 is 18.9. The fourth-order valence-corrected chi connectivity index (χ4v) is 12.8. The van der Waals surface area contributed by atoms with Crippen LogP contribution in [0.5, 0.6) is 17.2 Å². The largest absolute Gasteiger partial charge is 0.493 e.